The van der Waals surface area contributed by atoms with E-state index in [-0.39, 0.29) is 11.9 Å². The van der Waals surface area contributed by atoms with Crippen LogP contribution in [0.5, 0.6) is 5.75 Å². The quantitative estimate of drug-likeness (QED) is 0.873. The molecular formula is C9H11BrFNO. The smallest absolute Gasteiger partial charge is 0.141 e. The highest BCUT2D eigenvalue weighted by molar-refractivity contribution is 9.10. The van der Waals surface area contributed by atoms with Crippen molar-refractivity contribution in [2.45, 2.75) is 13.0 Å². The van der Waals surface area contributed by atoms with Gasteiger partial charge in [-0.05, 0) is 28.9 Å². The molecule has 1 aromatic carbocycles. The molecule has 0 saturated carbocycles. The molecule has 13 heavy (non-hydrogen) atoms. The molecule has 0 aromatic heterocycles. The lowest BCUT2D eigenvalue weighted by molar-refractivity contribution is 0.403. The Morgan fingerprint density at radius 1 is 1.54 bits per heavy atom. The fraction of sp³-hybridized carbons (Fsp3) is 0.333. The predicted molar refractivity (Wildman–Crippen MR) is 53.3 cm³/mol. The number of hydrogen-bond acceptors (Lipinski definition) is 2. The molecule has 2 nitrogen and oxygen atoms in total. The van der Waals surface area contributed by atoms with Gasteiger partial charge >= 0.3 is 0 Å². The van der Waals surface area contributed by atoms with Gasteiger partial charge in [0.1, 0.15) is 11.6 Å². The highest BCUT2D eigenvalue weighted by Gasteiger charge is 2.11. The monoisotopic (exact) mass is 247 g/mol. The predicted octanol–water partition coefficient (Wildman–Crippen LogP) is 2.62. The Labute approximate surface area is 85.0 Å². The second-order valence-corrected chi connectivity index (χ2v) is 3.65. The van der Waals surface area contributed by atoms with E-state index in [2.05, 4.69) is 15.9 Å². The normalized spacial score (nSPS) is 12.7. The summed E-state index contributed by atoms with van der Waals surface area (Å²) in [5.41, 5.74) is 6.47. The third-order valence-electron chi connectivity index (χ3n) is 1.76. The molecule has 0 radical (unpaired) electrons. The molecule has 0 aliphatic carbocycles. The van der Waals surface area contributed by atoms with Crippen molar-refractivity contribution in [2.75, 3.05) is 7.11 Å². The average molecular weight is 248 g/mol. The highest BCUT2D eigenvalue weighted by Crippen LogP contribution is 2.29. The second-order valence-electron chi connectivity index (χ2n) is 2.80. The Morgan fingerprint density at radius 3 is 2.62 bits per heavy atom. The number of ether oxygens (including phenoxy) is 1. The molecule has 0 saturated heterocycles. The summed E-state index contributed by atoms with van der Waals surface area (Å²) in [6, 6.07) is 2.79. The molecule has 4 heteroatoms. The van der Waals surface area contributed by atoms with E-state index in [1.807, 2.05) is 6.92 Å². The maximum absolute atomic E-state index is 13.0. The summed E-state index contributed by atoms with van der Waals surface area (Å²) in [6.07, 6.45) is 0. The summed E-state index contributed by atoms with van der Waals surface area (Å²) in [5.74, 6) is 0.136. The zero-order valence-corrected chi connectivity index (χ0v) is 9.06. The van der Waals surface area contributed by atoms with Gasteiger partial charge in [0.15, 0.2) is 0 Å². The first-order valence-electron chi connectivity index (χ1n) is 3.84. The standard InChI is InChI=1S/C9H11BrFNO/c1-5(12)6-3-7(10)8(11)4-9(6)13-2/h3-5H,12H2,1-2H3/t5-/m0/s1. The zero-order valence-electron chi connectivity index (χ0n) is 7.47. The van der Waals surface area contributed by atoms with Gasteiger partial charge in [-0.3, -0.25) is 0 Å². The third kappa shape index (κ3) is 2.19. The first-order valence-corrected chi connectivity index (χ1v) is 4.64. The van der Waals surface area contributed by atoms with Crippen LogP contribution in [0.15, 0.2) is 16.6 Å². The fourth-order valence-corrected chi connectivity index (χ4v) is 1.44. The van der Waals surface area contributed by atoms with Crippen LogP contribution in [0.3, 0.4) is 0 Å². The molecule has 0 spiro atoms. The van der Waals surface area contributed by atoms with E-state index in [0.29, 0.717) is 10.2 Å². The largest absolute Gasteiger partial charge is 0.496 e. The fourth-order valence-electron chi connectivity index (χ4n) is 1.08. The highest BCUT2D eigenvalue weighted by atomic mass is 79.9. The van der Waals surface area contributed by atoms with E-state index >= 15 is 0 Å². The second kappa shape index (κ2) is 4.07. The molecule has 2 N–H and O–H groups in total. The Kier molecular flexibility index (Phi) is 3.27. The molecule has 0 bridgehead atoms. The molecule has 72 valence electrons. The van der Waals surface area contributed by atoms with E-state index in [4.69, 9.17) is 10.5 Å². The lowest BCUT2D eigenvalue weighted by Gasteiger charge is -2.12. The molecular weight excluding hydrogens is 237 g/mol. The van der Waals surface area contributed by atoms with Gasteiger partial charge in [-0.25, -0.2) is 4.39 Å². The topological polar surface area (TPSA) is 35.2 Å². The van der Waals surface area contributed by atoms with Crippen molar-refractivity contribution >= 4 is 15.9 Å². The molecule has 0 unspecified atom stereocenters. The van der Waals surface area contributed by atoms with E-state index < -0.39 is 0 Å². The van der Waals surface area contributed by atoms with Gasteiger partial charge in [0, 0.05) is 17.7 Å². The van der Waals surface area contributed by atoms with Crippen LogP contribution in [0.25, 0.3) is 0 Å². The lowest BCUT2D eigenvalue weighted by Crippen LogP contribution is -2.07. The van der Waals surface area contributed by atoms with Gasteiger partial charge in [0.25, 0.3) is 0 Å². The number of halogens is 2. The zero-order chi connectivity index (χ0) is 10.0. The Bertz CT molecular complexity index is 315. The van der Waals surface area contributed by atoms with Crippen molar-refractivity contribution in [3.8, 4) is 5.75 Å². The van der Waals surface area contributed by atoms with Crippen LogP contribution in [0, 0.1) is 5.82 Å². The van der Waals surface area contributed by atoms with Crippen molar-refractivity contribution in [1.82, 2.24) is 0 Å². The van der Waals surface area contributed by atoms with Gasteiger partial charge in [0.2, 0.25) is 0 Å². The average Bonchev–Trinajstić information content (AvgIpc) is 2.08. The Hall–Kier alpha value is -0.610. The molecule has 0 amide bonds. The summed E-state index contributed by atoms with van der Waals surface area (Å²) in [4.78, 5) is 0. The SMILES string of the molecule is COc1cc(F)c(Br)cc1[C@H](C)N. The Morgan fingerprint density at radius 2 is 2.15 bits per heavy atom. The van der Waals surface area contributed by atoms with Crippen LogP contribution in [0.1, 0.15) is 18.5 Å². The number of rotatable bonds is 2. The summed E-state index contributed by atoms with van der Waals surface area (Å²) in [5, 5.41) is 0. The molecule has 0 aliphatic heterocycles. The third-order valence-corrected chi connectivity index (χ3v) is 2.37. The summed E-state index contributed by atoms with van der Waals surface area (Å²) >= 11 is 3.09. The van der Waals surface area contributed by atoms with Gasteiger partial charge < -0.3 is 10.5 Å². The maximum Gasteiger partial charge on any atom is 0.141 e. The van der Waals surface area contributed by atoms with Crippen molar-refractivity contribution in [1.29, 1.82) is 0 Å². The number of nitrogens with two attached hydrogens (primary N) is 1. The van der Waals surface area contributed by atoms with Crippen LogP contribution in [0.4, 0.5) is 4.39 Å². The molecule has 0 fully saturated rings. The lowest BCUT2D eigenvalue weighted by atomic mass is 10.1. The van der Waals surface area contributed by atoms with E-state index in [1.165, 1.54) is 13.2 Å². The minimum Gasteiger partial charge on any atom is -0.496 e. The van der Waals surface area contributed by atoms with Crippen LogP contribution in [-0.2, 0) is 0 Å². The van der Waals surface area contributed by atoms with Crippen LogP contribution in [-0.4, -0.2) is 7.11 Å². The number of hydrogen-bond donors (Lipinski definition) is 1. The number of benzene rings is 1. The van der Waals surface area contributed by atoms with Gasteiger partial charge in [-0.2, -0.15) is 0 Å². The van der Waals surface area contributed by atoms with E-state index in [9.17, 15) is 4.39 Å². The molecule has 0 heterocycles. The van der Waals surface area contributed by atoms with Crippen molar-refractivity contribution in [2.24, 2.45) is 5.73 Å². The summed E-state index contributed by atoms with van der Waals surface area (Å²) < 4.78 is 18.4. The van der Waals surface area contributed by atoms with Crippen LogP contribution in [0.2, 0.25) is 0 Å². The van der Waals surface area contributed by atoms with Crippen molar-refractivity contribution in [3.63, 3.8) is 0 Å². The maximum atomic E-state index is 13.0. The minimum atomic E-state index is -0.346. The first kappa shape index (κ1) is 10.5. The van der Waals surface area contributed by atoms with E-state index in [1.54, 1.807) is 6.07 Å². The summed E-state index contributed by atoms with van der Waals surface area (Å²) in [7, 11) is 1.49. The van der Waals surface area contributed by atoms with Crippen molar-refractivity contribution in [3.05, 3.63) is 28.0 Å². The van der Waals surface area contributed by atoms with Gasteiger partial charge in [-0.1, -0.05) is 0 Å². The van der Waals surface area contributed by atoms with Crippen LogP contribution >= 0.6 is 15.9 Å². The summed E-state index contributed by atoms with van der Waals surface area (Å²) in [6.45, 7) is 1.82. The molecule has 1 atom stereocenters. The number of methoxy groups -OCH3 is 1. The van der Waals surface area contributed by atoms with Gasteiger partial charge in [-0.15, -0.1) is 0 Å². The van der Waals surface area contributed by atoms with Crippen molar-refractivity contribution < 1.29 is 9.13 Å². The van der Waals surface area contributed by atoms with Gasteiger partial charge in [0.05, 0.1) is 11.6 Å². The Balaban J connectivity index is 3.25. The molecule has 1 rings (SSSR count). The first-order chi connectivity index (χ1) is 6.06. The van der Waals surface area contributed by atoms with E-state index in [0.717, 1.165) is 5.56 Å². The van der Waals surface area contributed by atoms with Crippen LogP contribution < -0.4 is 10.5 Å². The molecule has 1 aromatic rings. The minimum absolute atomic E-state index is 0.174. The molecule has 0 aliphatic rings.